The van der Waals surface area contributed by atoms with E-state index in [1.165, 1.54) is 5.56 Å². The fourth-order valence-electron chi connectivity index (χ4n) is 3.55. The molecule has 0 aliphatic carbocycles. The number of nitrogens with zero attached hydrogens (tertiary/aromatic N) is 3. The molecule has 3 rings (SSSR count). The fourth-order valence-corrected chi connectivity index (χ4v) is 3.55. The molecule has 144 valence electrons. The number of rotatable bonds is 6. The minimum absolute atomic E-state index is 0.116. The van der Waals surface area contributed by atoms with Crippen molar-refractivity contribution in [3.8, 4) is 0 Å². The summed E-state index contributed by atoms with van der Waals surface area (Å²) in [6.07, 6.45) is 0.747. The van der Waals surface area contributed by atoms with E-state index in [1.54, 1.807) is 17.0 Å². The summed E-state index contributed by atoms with van der Waals surface area (Å²) in [6.45, 7) is 10.7. The Bertz CT molecular complexity index is 871. The number of aromatic nitrogens is 2. The lowest BCUT2D eigenvalue weighted by atomic mass is 10.1. The van der Waals surface area contributed by atoms with Gasteiger partial charge in [-0.3, -0.25) is 14.4 Å². The van der Waals surface area contributed by atoms with Gasteiger partial charge in [-0.2, -0.15) is 5.10 Å². The monoisotopic (exact) mass is 369 g/mol. The van der Waals surface area contributed by atoms with Crippen LogP contribution in [0.2, 0.25) is 0 Å². The van der Waals surface area contributed by atoms with Crippen molar-refractivity contribution in [3.63, 3.8) is 0 Å². The zero-order valence-electron chi connectivity index (χ0n) is 16.4. The van der Waals surface area contributed by atoms with E-state index in [4.69, 9.17) is 0 Å². The van der Waals surface area contributed by atoms with Crippen LogP contribution in [0.4, 0.5) is 10.5 Å². The van der Waals surface area contributed by atoms with Crippen LogP contribution >= 0.6 is 0 Å². The summed E-state index contributed by atoms with van der Waals surface area (Å²) in [5, 5.41) is 10.3. The van der Waals surface area contributed by atoms with Crippen LogP contribution in [0.3, 0.4) is 0 Å². The van der Waals surface area contributed by atoms with Crippen molar-refractivity contribution in [2.45, 2.75) is 40.7 Å². The Labute approximate surface area is 159 Å². The second-order valence-corrected chi connectivity index (χ2v) is 6.86. The molecule has 2 heterocycles. The summed E-state index contributed by atoms with van der Waals surface area (Å²) < 4.78 is 1.99. The van der Waals surface area contributed by atoms with Crippen molar-refractivity contribution >= 4 is 17.6 Å². The first-order chi connectivity index (χ1) is 12.9. The van der Waals surface area contributed by atoms with Crippen LogP contribution in [-0.4, -0.2) is 41.4 Å². The predicted octanol–water partition coefficient (Wildman–Crippen LogP) is 2.33. The third-order valence-corrected chi connectivity index (χ3v) is 5.11. The highest BCUT2D eigenvalue weighted by Crippen LogP contribution is 2.23. The Kier molecular flexibility index (Phi) is 5.48. The van der Waals surface area contributed by atoms with Crippen molar-refractivity contribution in [2.75, 3.05) is 24.5 Å². The average molecular weight is 369 g/mol. The van der Waals surface area contributed by atoms with Crippen LogP contribution in [0.1, 0.15) is 39.8 Å². The lowest BCUT2D eigenvalue weighted by molar-refractivity contribution is 0.0954. The van der Waals surface area contributed by atoms with Gasteiger partial charge in [0.2, 0.25) is 0 Å². The highest BCUT2D eigenvalue weighted by atomic mass is 16.2. The van der Waals surface area contributed by atoms with E-state index < -0.39 is 0 Å². The lowest BCUT2D eigenvalue weighted by Gasteiger charge is -2.18. The highest BCUT2D eigenvalue weighted by molar-refractivity contribution is 5.99. The Hall–Kier alpha value is -2.83. The topological polar surface area (TPSA) is 79.3 Å². The smallest absolute Gasteiger partial charge is 0.322 e. The van der Waals surface area contributed by atoms with Crippen LogP contribution in [-0.2, 0) is 13.0 Å². The first kappa shape index (κ1) is 18.9. The van der Waals surface area contributed by atoms with Crippen LogP contribution in [0.5, 0.6) is 0 Å². The van der Waals surface area contributed by atoms with Gasteiger partial charge in [-0.1, -0.05) is 6.07 Å². The summed E-state index contributed by atoms with van der Waals surface area (Å²) in [6, 6.07) is 5.36. The average Bonchev–Trinajstić information content (AvgIpc) is 3.19. The van der Waals surface area contributed by atoms with Crippen molar-refractivity contribution in [2.24, 2.45) is 0 Å². The zero-order valence-corrected chi connectivity index (χ0v) is 16.4. The maximum Gasteiger partial charge on any atom is 0.322 e. The molecule has 0 bridgehead atoms. The van der Waals surface area contributed by atoms with E-state index in [0.29, 0.717) is 25.2 Å². The zero-order chi connectivity index (χ0) is 19.6. The minimum atomic E-state index is -0.131. The molecular formula is C20H27N5O2. The summed E-state index contributed by atoms with van der Waals surface area (Å²) in [4.78, 5) is 26.2. The van der Waals surface area contributed by atoms with Gasteiger partial charge in [0.1, 0.15) is 0 Å². The number of hydrogen-bond donors (Lipinski definition) is 2. The van der Waals surface area contributed by atoms with Gasteiger partial charge in [-0.25, -0.2) is 4.79 Å². The minimum Gasteiger partial charge on any atom is -0.352 e. The van der Waals surface area contributed by atoms with E-state index in [-0.39, 0.29) is 11.9 Å². The third-order valence-electron chi connectivity index (χ3n) is 5.11. The molecule has 1 aromatic heterocycles. The molecule has 1 aliphatic rings. The largest absolute Gasteiger partial charge is 0.352 e. The third kappa shape index (κ3) is 3.82. The Morgan fingerprint density at radius 2 is 2.07 bits per heavy atom. The summed E-state index contributed by atoms with van der Waals surface area (Å²) in [5.74, 6) is -0.131. The first-order valence-corrected chi connectivity index (χ1v) is 9.39. The molecule has 3 amide bonds. The van der Waals surface area contributed by atoms with E-state index in [1.807, 2.05) is 24.6 Å². The SMILES string of the molecule is CCn1nc(C)c(CCNC(=O)c2ccc(C)c(N3CCNC3=O)c2)c1C. The van der Waals surface area contributed by atoms with Gasteiger partial charge >= 0.3 is 6.03 Å². The van der Waals surface area contributed by atoms with E-state index in [2.05, 4.69) is 29.6 Å². The number of amides is 3. The number of benzene rings is 1. The molecule has 1 aromatic carbocycles. The summed E-state index contributed by atoms with van der Waals surface area (Å²) in [7, 11) is 0. The molecule has 1 aliphatic heterocycles. The Morgan fingerprint density at radius 3 is 2.70 bits per heavy atom. The second-order valence-electron chi connectivity index (χ2n) is 6.86. The van der Waals surface area contributed by atoms with Gasteiger partial charge in [0.15, 0.2) is 0 Å². The predicted molar refractivity (Wildman–Crippen MR) is 105 cm³/mol. The number of urea groups is 1. The molecular weight excluding hydrogens is 342 g/mol. The molecule has 7 heteroatoms. The lowest BCUT2D eigenvalue weighted by Crippen LogP contribution is -2.29. The van der Waals surface area contributed by atoms with Gasteiger partial charge in [-0.05, 0) is 57.4 Å². The molecule has 0 unspecified atom stereocenters. The molecule has 0 spiro atoms. The molecule has 0 atom stereocenters. The van der Waals surface area contributed by atoms with Crippen molar-refractivity contribution in [1.82, 2.24) is 20.4 Å². The van der Waals surface area contributed by atoms with Crippen LogP contribution < -0.4 is 15.5 Å². The molecule has 7 nitrogen and oxygen atoms in total. The quantitative estimate of drug-likeness (QED) is 0.820. The van der Waals surface area contributed by atoms with Crippen molar-refractivity contribution in [1.29, 1.82) is 0 Å². The van der Waals surface area contributed by atoms with Crippen molar-refractivity contribution < 1.29 is 9.59 Å². The standard InChI is InChI=1S/C20H27N5O2/c1-5-25-15(4)17(14(3)23-25)8-9-21-19(26)16-7-6-13(2)18(12-16)24-11-10-22-20(24)27/h6-7,12H,5,8-11H2,1-4H3,(H,21,26)(H,22,27). The number of carbonyl (C=O) groups is 2. The first-order valence-electron chi connectivity index (χ1n) is 9.39. The Morgan fingerprint density at radius 1 is 1.30 bits per heavy atom. The number of aryl methyl sites for hydroxylation is 3. The van der Waals surface area contributed by atoms with E-state index in [9.17, 15) is 9.59 Å². The van der Waals surface area contributed by atoms with Crippen LogP contribution in [0, 0.1) is 20.8 Å². The summed E-state index contributed by atoms with van der Waals surface area (Å²) >= 11 is 0. The second kappa shape index (κ2) is 7.82. The molecule has 0 radical (unpaired) electrons. The fraction of sp³-hybridized carbons (Fsp3) is 0.450. The maximum absolute atomic E-state index is 12.6. The van der Waals surface area contributed by atoms with Crippen molar-refractivity contribution in [3.05, 3.63) is 46.3 Å². The highest BCUT2D eigenvalue weighted by Gasteiger charge is 2.23. The van der Waals surface area contributed by atoms with Gasteiger partial charge in [0.25, 0.3) is 5.91 Å². The van der Waals surface area contributed by atoms with E-state index in [0.717, 1.165) is 35.6 Å². The molecule has 1 saturated heterocycles. The van der Waals surface area contributed by atoms with Gasteiger partial charge < -0.3 is 10.6 Å². The van der Waals surface area contributed by atoms with Crippen LogP contribution in [0.25, 0.3) is 0 Å². The molecule has 27 heavy (non-hydrogen) atoms. The molecule has 2 N–H and O–H groups in total. The van der Waals surface area contributed by atoms with Gasteiger partial charge in [0, 0.05) is 43.1 Å². The Balaban J connectivity index is 1.66. The van der Waals surface area contributed by atoms with Gasteiger partial charge in [0.05, 0.1) is 5.69 Å². The number of nitrogens with one attached hydrogen (secondary N) is 2. The number of hydrogen-bond acceptors (Lipinski definition) is 3. The molecule has 2 aromatic rings. The maximum atomic E-state index is 12.6. The normalized spacial score (nSPS) is 13.8. The van der Waals surface area contributed by atoms with E-state index >= 15 is 0 Å². The molecule has 1 fully saturated rings. The van der Waals surface area contributed by atoms with Gasteiger partial charge in [-0.15, -0.1) is 0 Å². The number of anilines is 1. The summed E-state index contributed by atoms with van der Waals surface area (Å²) in [5.41, 5.74) is 5.68. The number of carbonyl (C=O) groups excluding carboxylic acids is 2. The molecule has 0 saturated carbocycles. The van der Waals surface area contributed by atoms with Crippen LogP contribution in [0.15, 0.2) is 18.2 Å².